The van der Waals surface area contributed by atoms with E-state index in [0.717, 1.165) is 45.2 Å². The molecule has 0 aromatic heterocycles. The molecule has 1 atom stereocenters. The van der Waals surface area contributed by atoms with Crippen molar-refractivity contribution in [2.45, 2.75) is 32.8 Å². The maximum atomic E-state index is 6.03. The molecular weight excluding hydrogens is 318 g/mol. The van der Waals surface area contributed by atoms with Crippen LogP contribution in [0.1, 0.15) is 37.0 Å². The van der Waals surface area contributed by atoms with E-state index in [2.05, 4.69) is 54.6 Å². The fourth-order valence-electron chi connectivity index (χ4n) is 2.95. The monoisotopic (exact) mass is 349 g/mol. The van der Waals surface area contributed by atoms with Gasteiger partial charge < -0.3 is 15.0 Å². The highest BCUT2D eigenvalue weighted by atomic mass is 32.2. The highest BCUT2D eigenvalue weighted by Crippen LogP contribution is 2.24. The number of guanidine groups is 1. The molecule has 1 N–H and O–H groups in total. The zero-order chi connectivity index (χ0) is 17.2. The Morgan fingerprint density at radius 3 is 2.96 bits per heavy atom. The Balaban J connectivity index is 1.99. The van der Waals surface area contributed by atoms with Gasteiger partial charge in [-0.15, -0.1) is 0 Å². The summed E-state index contributed by atoms with van der Waals surface area (Å²) < 4.78 is 6.03. The van der Waals surface area contributed by atoms with Gasteiger partial charge in [0.2, 0.25) is 0 Å². The number of nitrogens with zero attached hydrogens (tertiary/aromatic N) is 2. The number of unbranched alkanes of at least 4 members (excludes halogenated alkanes) is 1. The molecule has 1 heterocycles. The van der Waals surface area contributed by atoms with Crippen LogP contribution in [0.4, 0.5) is 0 Å². The first kappa shape index (κ1) is 19.1. The quantitative estimate of drug-likeness (QED) is 0.464. The molecule has 1 aliphatic rings. The molecule has 2 rings (SSSR count). The summed E-state index contributed by atoms with van der Waals surface area (Å²) in [4.78, 5) is 7.17. The first-order valence-corrected chi connectivity index (χ1v) is 10.3. The van der Waals surface area contributed by atoms with Gasteiger partial charge in [-0.05, 0) is 49.8 Å². The van der Waals surface area contributed by atoms with Crippen LogP contribution < -0.4 is 5.32 Å². The predicted octanol–water partition coefficient (Wildman–Crippen LogP) is 3.48. The number of nitrogens with one attached hydrogen (secondary N) is 1. The van der Waals surface area contributed by atoms with E-state index in [1.54, 1.807) is 0 Å². The third-order valence-corrected chi connectivity index (χ3v) is 4.95. The number of ether oxygens (including phenoxy) is 1. The number of hydrogen-bond acceptors (Lipinski definition) is 3. The number of thioether (sulfide) groups is 1. The first-order chi connectivity index (χ1) is 11.8. The molecule has 4 nitrogen and oxygen atoms in total. The van der Waals surface area contributed by atoms with E-state index >= 15 is 0 Å². The van der Waals surface area contributed by atoms with Crippen molar-refractivity contribution < 1.29 is 4.74 Å². The van der Waals surface area contributed by atoms with Crippen LogP contribution in [0.25, 0.3) is 0 Å². The fraction of sp³-hybridized carbons (Fsp3) is 0.632. The minimum Gasteiger partial charge on any atom is -0.370 e. The molecule has 0 amide bonds. The first-order valence-electron chi connectivity index (χ1n) is 8.95. The average molecular weight is 350 g/mol. The van der Waals surface area contributed by atoms with Gasteiger partial charge in [0.1, 0.15) is 6.10 Å². The summed E-state index contributed by atoms with van der Waals surface area (Å²) in [6.07, 6.45) is 4.67. The number of morpholine rings is 1. The summed E-state index contributed by atoms with van der Waals surface area (Å²) in [6, 6.07) is 8.51. The van der Waals surface area contributed by atoms with Crippen molar-refractivity contribution in [2.24, 2.45) is 4.99 Å². The van der Waals surface area contributed by atoms with Crippen molar-refractivity contribution >= 4 is 17.7 Å². The van der Waals surface area contributed by atoms with Gasteiger partial charge in [0.05, 0.1) is 13.2 Å². The fourth-order valence-corrected chi connectivity index (χ4v) is 3.44. The standard InChI is InChI=1S/C19H31N3OS/c1-4-20-19(21-11-7-8-14-24-3)22-12-13-23-18(15-22)17-10-6-5-9-16(17)2/h5-6,9-10,18H,4,7-8,11-15H2,1-3H3,(H,20,21). The molecule has 0 spiro atoms. The third kappa shape index (κ3) is 5.71. The van der Waals surface area contributed by atoms with Crippen LogP contribution in [0.2, 0.25) is 0 Å². The van der Waals surface area contributed by atoms with Gasteiger partial charge in [0.25, 0.3) is 0 Å². The average Bonchev–Trinajstić information content (AvgIpc) is 2.61. The van der Waals surface area contributed by atoms with Gasteiger partial charge in [0, 0.05) is 19.6 Å². The van der Waals surface area contributed by atoms with E-state index in [4.69, 9.17) is 9.73 Å². The number of aryl methyl sites for hydroxylation is 1. The Hall–Kier alpha value is -1.20. The molecule has 0 aliphatic carbocycles. The van der Waals surface area contributed by atoms with Crippen LogP contribution >= 0.6 is 11.8 Å². The van der Waals surface area contributed by atoms with Gasteiger partial charge in [-0.25, -0.2) is 0 Å². The highest BCUT2D eigenvalue weighted by molar-refractivity contribution is 7.98. The smallest absolute Gasteiger partial charge is 0.194 e. The van der Waals surface area contributed by atoms with Crippen LogP contribution in [-0.2, 0) is 4.74 Å². The third-order valence-electron chi connectivity index (χ3n) is 4.25. The SMILES string of the molecule is CCNC(=NCCCCSC)N1CCOC(c2ccccc2C)C1. The maximum absolute atomic E-state index is 6.03. The number of rotatable bonds is 7. The van der Waals surface area contributed by atoms with Gasteiger partial charge in [0.15, 0.2) is 5.96 Å². The largest absolute Gasteiger partial charge is 0.370 e. The summed E-state index contributed by atoms with van der Waals surface area (Å²) in [7, 11) is 0. The number of aliphatic imine (C=N–C) groups is 1. The predicted molar refractivity (Wildman–Crippen MR) is 105 cm³/mol. The van der Waals surface area contributed by atoms with E-state index in [1.807, 2.05) is 11.8 Å². The summed E-state index contributed by atoms with van der Waals surface area (Å²) in [6.45, 7) is 8.59. The Labute approximate surface area is 151 Å². The lowest BCUT2D eigenvalue weighted by Gasteiger charge is -2.35. The van der Waals surface area contributed by atoms with Gasteiger partial charge >= 0.3 is 0 Å². The van der Waals surface area contributed by atoms with Crippen LogP contribution in [-0.4, -0.2) is 55.7 Å². The van der Waals surface area contributed by atoms with Gasteiger partial charge in [-0.2, -0.15) is 11.8 Å². The molecule has 1 unspecified atom stereocenters. The summed E-state index contributed by atoms with van der Waals surface area (Å²) in [5, 5.41) is 3.45. The molecule has 0 bridgehead atoms. The summed E-state index contributed by atoms with van der Waals surface area (Å²) in [5.74, 6) is 2.25. The zero-order valence-electron chi connectivity index (χ0n) is 15.3. The second-order valence-electron chi connectivity index (χ2n) is 6.10. The molecule has 5 heteroatoms. The lowest BCUT2D eigenvalue weighted by atomic mass is 10.0. The normalized spacial score (nSPS) is 18.7. The van der Waals surface area contributed by atoms with Crippen molar-refractivity contribution in [2.75, 3.05) is 44.8 Å². The van der Waals surface area contributed by atoms with Crippen LogP contribution in [0, 0.1) is 6.92 Å². The van der Waals surface area contributed by atoms with Crippen LogP contribution in [0.15, 0.2) is 29.3 Å². The van der Waals surface area contributed by atoms with E-state index in [0.29, 0.717) is 0 Å². The maximum Gasteiger partial charge on any atom is 0.194 e. The Kier molecular flexibility index (Phi) is 8.47. The molecule has 1 aliphatic heterocycles. The summed E-state index contributed by atoms with van der Waals surface area (Å²) in [5.41, 5.74) is 2.58. The molecule has 0 radical (unpaired) electrons. The molecule has 24 heavy (non-hydrogen) atoms. The van der Waals surface area contributed by atoms with Crippen molar-refractivity contribution in [3.05, 3.63) is 35.4 Å². The Morgan fingerprint density at radius 2 is 2.21 bits per heavy atom. The Morgan fingerprint density at radius 1 is 1.38 bits per heavy atom. The lowest BCUT2D eigenvalue weighted by molar-refractivity contribution is -0.00832. The molecule has 1 fully saturated rings. The molecule has 1 saturated heterocycles. The van der Waals surface area contributed by atoms with Crippen molar-refractivity contribution in [3.8, 4) is 0 Å². The lowest BCUT2D eigenvalue weighted by Crippen LogP contribution is -2.48. The van der Waals surface area contributed by atoms with Gasteiger partial charge in [-0.1, -0.05) is 24.3 Å². The molecule has 1 aromatic carbocycles. The van der Waals surface area contributed by atoms with E-state index in [-0.39, 0.29) is 6.10 Å². The molecule has 0 saturated carbocycles. The van der Waals surface area contributed by atoms with Gasteiger partial charge in [-0.3, -0.25) is 4.99 Å². The second-order valence-corrected chi connectivity index (χ2v) is 7.08. The van der Waals surface area contributed by atoms with E-state index in [1.165, 1.54) is 23.3 Å². The zero-order valence-corrected chi connectivity index (χ0v) is 16.1. The van der Waals surface area contributed by atoms with Crippen molar-refractivity contribution in [1.82, 2.24) is 10.2 Å². The number of hydrogen-bond donors (Lipinski definition) is 1. The highest BCUT2D eigenvalue weighted by Gasteiger charge is 2.24. The number of benzene rings is 1. The van der Waals surface area contributed by atoms with Crippen molar-refractivity contribution in [1.29, 1.82) is 0 Å². The minimum atomic E-state index is 0.125. The van der Waals surface area contributed by atoms with Crippen LogP contribution in [0.3, 0.4) is 0 Å². The molecule has 1 aromatic rings. The van der Waals surface area contributed by atoms with Crippen LogP contribution in [0.5, 0.6) is 0 Å². The van der Waals surface area contributed by atoms with E-state index < -0.39 is 0 Å². The summed E-state index contributed by atoms with van der Waals surface area (Å²) >= 11 is 1.91. The molecule has 134 valence electrons. The van der Waals surface area contributed by atoms with Crippen molar-refractivity contribution in [3.63, 3.8) is 0 Å². The molecular formula is C19H31N3OS. The Bertz CT molecular complexity index is 521. The van der Waals surface area contributed by atoms with E-state index in [9.17, 15) is 0 Å². The second kappa shape index (κ2) is 10.6. The topological polar surface area (TPSA) is 36.9 Å². The minimum absolute atomic E-state index is 0.125.